The molecule has 0 bridgehead atoms. The highest BCUT2D eigenvalue weighted by Crippen LogP contribution is 2.41. The topological polar surface area (TPSA) is 76.9 Å². The highest BCUT2D eigenvalue weighted by atomic mass is 32.1. The van der Waals surface area contributed by atoms with Gasteiger partial charge in [0.1, 0.15) is 6.54 Å². The van der Waals surface area contributed by atoms with Gasteiger partial charge in [-0.3, -0.25) is 9.59 Å². The fourth-order valence-corrected chi connectivity index (χ4v) is 5.86. The lowest BCUT2D eigenvalue weighted by molar-refractivity contribution is -0.122. The van der Waals surface area contributed by atoms with Crippen molar-refractivity contribution in [3.05, 3.63) is 20.8 Å². The van der Waals surface area contributed by atoms with Crippen LogP contribution in [0.15, 0.2) is 4.79 Å². The lowest BCUT2D eigenvalue weighted by Gasteiger charge is -2.33. The number of hydrogen-bond donors (Lipinski definition) is 1. The van der Waals surface area contributed by atoms with E-state index in [1.807, 2.05) is 0 Å². The second kappa shape index (κ2) is 7.58. The van der Waals surface area contributed by atoms with Crippen molar-refractivity contribution in [1.82, 2.24) is 20.3 Å². The van der Waals surface area contributed by atoms with Gasteiger partial charge in [-0.15, -0.1) is 16.4 Å². The first-order valence-corrected chi connectivity index (χ1v) is 11.3. The number of aryl methyl sites for hydroxylation is 1. The first kappa shape index (κ1) is 19.6. The van der Waals surface area contributed by atoms with Gasteiger partial charge in [-0.2, -0.15) is 0 Å². The Hall–Kier alpha value is -1.76. The predicted octanol–water partition coefficient (Wildman–Crippen LogP) is 3.45. The third-order valence-corrected chi connectivity index (χ3v) is 7.57. The molecule has 0 spiro atoms. The first-order chi connectivity index (χ1) is 13.3. The number of amides is 1. The van der Waals surface area contributed by atoms with E-state index in [1.165, 1.54) is 16.0 Å². The summed E-state index contributed by atoms with van der Waals surface area (Å²) in [5.74, 6) is 0.476. The van der Waals surface area contributed by atoms with E-state index in [0.29, 0.717) is 16.1 Å². The van der Waals surface area contributed by atoms with Crippen molar-refractivity contribution in [3.63, 3.8) is 0 Å². The molecule has 2 heterocycles. The van der Waals surface area contributed by atoms with Crippen LogP contribution in [0.25, 0.3) is 10.2 Å². The van der Waals surface area contributed by atoms with Crippen molar-refractivity contribution in [3.8, 4) is 0 Å². The average Bonchev–Trinajstić information content (AvgIpc) is 3.02. The maximum atomic E-state index is 13.1. The molecule has 1 atom stereocenters. The molecule has 1 amide bonds. The lowest BCUT2D eigenvalue weighted by Crippen LogP contribution is -2.40. The standard InChI is InChI=1S/C21H30N4O2S/c1-21(2,3)13-9-10-15-16(11-13)28-19-18(15)20(27)25(24-23-19)12-17(26)22-14-7-5-4-6-8-14/h13-14H,4-12H2,1-3H3,(H,22,26). The van der Waals surface area contributed by atoms with Crippen LogP contribution in [0.2, 0.25) is 0 Å². The Bertz CT molecular complexity index is 934. The Kier molecular flexibility index (Phi) is 5.29. The number of nitrogens with one attached hydrogen (secondary N) is 1. The summed E-state index contributed by atoms with van der Waals surface area (Å²) in [5, 5.41) is 12.1. The molecule has 1 N–H and O–H groups in total. The highest BCUT2D eigenvalue weighted by Gasteiger charge is 2.32. The summed E-state index contributed by atoms with van der Waals surface area (Å²) in [7, 11) is 0. The van der Waals surface area contributed by atoms with Gasteiger partial charge in [0, 0.05) is 10.9 Å². The van der Waals surface area contributed by atoms with Crippen molar-refractivity contribution >= 4 is 27.5 Å². The zero-order chi connectivity index (χ0) is 19.9. The Morgan fingerprint density at radius 3 is 2.68 bits per heavy atom. The smallest absolute Gasteiger partial charge is 0.279 e. The average molecular weight is 403 g/mol. The molecule has 2 aliphatic rings. The number of aromatic nitrogens is 3. The van der Waals surface area contributed by atoms with Crippen molar-refractivity contribution in [2.75, 3.05) is 0 Å². The second-order valence-electron chi connectivity index (χ2n) is 9.44. The van der Waals surface area contributed by atoms with Crippen molar-refractivity contribution in [1.29, 1.82) is 0 Å². The monoisotopic (exact) mass is 402 g/mol. The molecule has 0 saturated heterocycles. The third kappa shape index (κ3) is 3.86. The third-order valence-electron chi connectivity index (χ3n) is 6.43. The SMILES string of the molecule is CC(C)(C)C1CCc2c(sc3nnn(CC(=O)NC4CCCCC4)c(=O)c23)C1. The van der Waals surface area contributed by atoms with Crippen LogP contribution in [0.5, 0.6) is 0 Å². The zero-order valence-electron chi connectivity index (χ0n) is 17.1. The van der Waals surface area contributed by atoms with Gasteiger partial charge in [0.05, 0.1) is 5.39 Å². The van der Waals surface area contributed by atoms with Gasteiger partial charge in [-0.05, 0) is 49.0 Å². The Morgan fingerprint density at radius 1 is 1.21 bits per heavy atom. The fraction of sp³-hybridized carbons (Fsp3) is 0.714. The van der Waals surface area contributed by atoms with Gasteiger partial charge >= 0.3 is 0 Å². The van der Waals surface area contributed by atoms with Crippen LogP contribution < -0.4 is 10.9 Å². The van der Waals surface area contributed by atoms with Gasteiger partial charge in [0.15, 0.2) is 4.83 Å². The largest absolute Gasteiger partial charge is 0.352 e. The maximum absolute atomic E-state index is 13.1. The minimum atomic E-state index is -0.171. The van der Waals surface area contributed by atoms with E-state index >= 15 is 0 Å². The number of rotatable bonds is 3. The molecule has 1 unspecified atom stereocenters. The van der Waals surface area contributed by atoms with Crippen LogP contribution >= 0.6 is 11.3 Å². The fourth-order valence-electron chi connectivity index (χ4n) is 4.63. The number of carbonyl (C=O) groups excluding carboxylic acids is 1. The molecule has 4 rings (SSSR count). The molecule has 2 aliphatic carbocycles. The minimum Gasteiger partial charge on any atom is -0.352 e. The quantitative estimate of drug-likeness (QED) is 0.853. The van der Waals surface area contributed by atoms with E-state index in [1.54, 1.807) is 11.3 Å². The van der Waals surface area contributed by atoms with Gasteiger partial charge in [-0.25, -0.2) is 4.68 Å². The maximum Gasteiger partial charge on any atom is 0.279 e. The van der Waals surface area contributed by atoms with Crippen LogP contribution in [0.4, 0.5) is 0 Å². The summed E-state index contributed by atoms with van der Waals surface area (Å²) < 4.78 is 1.24. The molecule has 1 saturated carbocycles. The molecule has 0 aliphatic heterocycles. The first-order valence-electron chi connectivity index (χ1n) is 10.5. The van der Waals surface area contributed by atoms with E-state index in [9.17, 15) is 9.59 Å². The van der Waals surface area contributed by atoms with Crippen molar-refractivity contribution in [2.24, 2.45) is 11.3 Å². The van der Waals surface area contributed by atoms with Crippen LogP contribution in [-0.2, 0) is 24.2 Å². The van der Waals surface area contributed by atoms with Crippen LogP contribution in [-0.4, -0.2) is 26.9 Å². The van der Waals surface area contributed by atoms with E-state index in [2.05, 4.69) is 36.4 Å². The van der Waals surface area contributed by atoms with Crippen molar-refractivity contribution < 1.29 is 4.79 Å². The minimum absolute atomic E-state index is 0.0481. The number of nitrogens with zero attached hydrogens (tertiary/aromatic N) is 3. The summed E-state index contributed by atoms with van der Waals surface area (Å²) in [6.07, 6.45) is 8.62. The van der Waals surface area contributed by atoms with Crippen molar-refractivity contribution in [2.45, 2.75) is 84.7 Å². The summed E-state index contributed by atoms with van der Waals surface area (Å²) >= 11 is 1.60. The summed E-state index contributed by atoms with van der Waals surface area (Å²) in [6, 6.07) is 0.233. The predicted molar refractivity (Wildman–Crippen MR) is 112 cm³/mol. The van der Waals surface area contributed by atoms with Crippen LogP contribution in [0.1, 0.15) is 69.7 Å². The Balaban J connectivity index is 1.56. The Morgan fingerprint density at radius 2 is 1.96 bits per heavy atom. The van der Waals surface area contributed by atoms with Crippen LogP contribution in [0.3, 0.4) is 0 Å². The highest BCUT2D eigenvalue weighted by molar-refractivity contribution is 7.18. The molecule has 2 aromatic rings. The second-order valence-corrected chi connectivity index (χ2v) is 10.5. The molecule has 1 fully saturated rings. The molecule has 7 heteroatoms. The molecule has 0 radical (unpaired) electrons. The molecular weight excluding hydrogens is 372 g/mol. The molecule has 152 valence electrons. The van der Waals surface area contributed by atoms with E-state index in [4.69, 9.17) is 0 Å². The molecular formula is C21H30N4O2S. The molecule has 0 aromatic carbocycles. The van der Waals surface area contributed by atoms with Gasteiger partial charge in [0.2, 0.25) is 5.91 Å². The number of hydrogen-bond acceptors (Lipinski definition) is 5. The molecule has 6 nitrogen and oxygen atoms in total. The summed E-state index contributed by atoms with van der Waals surface area (Å²) in [4.78, 5) is 27.5. The zero-order valence-corrected chi connectivity index (χ0v) is 17.9. The van der Waals surface area contributed by atoms with E-state index in [-0.39, 0.29) is 29.5 Å². The van der Waals surface area contributed by atoms with Gasteiger partial charge < -0.3 is 5.32 Å². The van der Waals surface area contributed by atoms with Gasteiger partial charge in [0.25, 0.3) is 5.56 Å². The van der Waals surface area contributed by atoms with Crippen LogP contribution in [0, 0.1) is 11.3 Å². The summed E-state index contributed by atoms with van der Waals surface area (Å²) in [6.45, 7) is 6.81. The number of thiophene rings is 1. The number of carbonyl (C=O) groups is 1. The van der Waals surface area contributed by atoms with E-state index in [0.717, 1.165) is 50.5 Å². The normalized spacial score (nSPS) is 20.9. The lowest BCUT2D eigenvalue weighted by atomic mass is 9.72. The van der Waals surface area contributed by atoms with Gasteiger partial charge in [-0.1, -0.05) is 45.2 Å². The van der Waals surface area contributed by atoms with E-state index < -0.39 is 0 Å². The molecule has 28 heavy (non-hydrogen) atoms. The summed E-state index contributed by atoms with van der Waals surface area (Å²) in [5.41, 5.74) is 1.23. The molecule has 2 aromatic heterocycles. The number of fused-ring (bicyclic) bond motifs is 3. The Labute approximate surface area is 169 Å².